The van der Waals surface area contributed by atoms with Crippen LogP contribution in [0.4, 0.5) is 0 Å². The van der Waals surface area contributed by atoms with Crippen LogP contribution in [0.2, 0.25) is 0 Å². The van der Waals surface area contributed by atoms with E-state index in [1.165, 1.54) is 0 Å². The minimum Gasteiger partial charge on any atom is -0.490 e. The second-order valence-electron chi connectivity index (χ2n) is 6.86. The summed E-state index contributed by atoms with van der Waals surface area (Å²) in [5.74, 6) is 2.68. The zero-order valence-electron chi connectivity index (χ0n) is 17.2. The quantitative estimate of drug-likeness (QED) is 0.326. The molecule has 6 nitrogen and oxygen atoms in total. The fourth-order valence-corrected chi connectivity index (χ4v) is 3.16. The molecule has 1 aliphatic rings. The van der Waals surface area contributed by atoms with Gasteiger partial charge in [-0.1, -0.05) is 12.5 Å². The van der Waals surface area contributed by atoms with Crippen LogP contribution in [-0.4, -0.2) is 31.7 Å². The number of nitriles is 1. The smallest absolute Gasteiger partial charge is 0.231 e. The van der Waals surface area contributed by atoms with Crippen LogP contribution < -0.4 is 18.9 Å². The number of rotatable bonds is 11. The van der Waals surface area contributed by atoms with Crippen molar-refractivity contribution in [1.29, 1.82) is 5.26 Å². The third kappa shape index (κ3) is 5.68. The molecule has 3 rings (SSSR count). The number of allylic oxidation sites excluding steroid dienone is 1. The first-order valence-electron chi connectivity index (χ1n) is 10.3. The molecule has 6 heteroatoms. The second-order valence-corrected chi connectivity index (χ2v) is 6.86. The summed E-state index contributed by atoms with van der Waals surface area (Å²) < 4.78 is 22.4. The number of aliphatic hydroxyl groups is 1. The van der Waals surface area contributed by atoms with Gasteiger partial charge in [-0.2, -0.15) is 5.26 Å². The molecule has 0 saturated carbocycles. The van der Waals surface area contributed by atoms with E-state index in [-0.39, 0.29) is 13.4 Å². The number of ether oxygens (including phenoxy) is 4. The molecule has 1 aliphatic heterocycles. The zero-order chi connectivity index (χ0) is 21.2. The molecule has 1 N–H and O–H groups in total. The Labute approximate surface area is 177 Å². The molecule has 0 unspecified atom stereocenters. The van der Waals surface area contributed by atoms with Crippen LogP contribution in [0.1, 0.15) is 43.7 Å². The van der Waals surface area contributed by atoms with E-state index in [1.54, 1.807) is 0 Å². The van der Waals surface area contributed by atoms with E-state index in [2.05, 4.69) is 6.07 Å². The van der Waals surface area contributed by atoms with E-state index in [1.807, 2.05) is 49.4 Å². The summed E-state index contributed by atoms with van der Waals surface area (Å²) in [6.07, 6.45) is 5.59. The average Bonchev–Trinajstić information content (AvgIpc) is 3.23. The van der Waals surface area contributed by atoms with Crippen LogP contribution in [0.25, 0.3) is 11.6 Å². The molecule has 1 heterocycles. The maximum absolute atomic E-state index is 9.66. The van der Waals surface area contributed by atoms with Crippen LogP contribution in [-0.2, 0) is 0 Å². The van der Waals surface area contributed by atoms with Crippen LogP contribution in [0.5, 0.6) is 23.0 Å². The molecule has 30 heavy (non-hydrogen) atoms. The summed E-state index contributed by atoms with van der Waals surface area (Å²) in [5, 5.41) is 18.5. The molecular formula is C24H27NO5. The van der Waals surface area contributed by atoms with Crippen molar-refractivity contribution in [2.45, 2.75) is 32.6 Å². The highest BCUT2D eigenvalue weighted by molar-refractivity contribution is 5.90. The molecule has 158 valence electrons. The Morgan fingerprint density at radius 1 is 1.03 bits per heavy atom. The van der Waals surface area contributed by atoms with Gasteiger partial charge in [-0.15, -0.1) is 0 Å². The molecule has 0 aliphatic carbocycles. The Morgan fingerprint density at radius 2 is 1.87 bits per heavy atom. The van der Waals surface area contributed by atoms with Gasteiger partial charge in [0.1, 0.15) is 0 Å². The van der Waals surface area contributed by atoms with Crippen molar-refractivity contribution < 1.29 is 24.1 Å². The van der Waals surface area contributed by atoms with Crippen molar-refractivity contribution in [3.05, 3.63) is 47.5 Å². The summed E-state index contributed by atoms with van der Waals surface area (Å²) in [5.41, 5.74) is 2.14. The Bertz CT molecular complexity index is 916. The maximum atomic E-state index is 9.66. The van der Waals surface area contributed by atoms with Crippen molar-refractivity contribution in [2.24, 2.45) is 0 Å². The van der Waals surface area contributed by atoms with Gasteiger partial charge in [0.25, 0.3) is 0 Å². The van der Waals surface area contributed by atoms with Gasteiger partial charge < -0.3 is 24.1 Å². The van der Waals surface area contributed by atoms with Gasteiger partial charge in [-0.3, -0.25) is 0 Å². The summed E-state index contributed by atoms with van der Waals surface area (Å²) in [4.78, 5) is 0. The lowest BCUT2D eigenvalue weighted by Crippen LogP contribution is -2.01. The van der Waals surface area contributed by atoms with E-state index in [0.717, 1.165) is 36.8 Å². The lowest BCUT2D eigenvalue weighted by Gasteiger charge is -2.13. The Kier molecular flexibility index (Phi) is 7.99. The molecule has 0 bridgehead atoms. The molecule has 2 aromatic carbocycles. The number of aliphatic hydroxyl groups excluding tert-OH is 1. The Morgan fingerprint density at radius 3 is 2.67 bits per heavy atom. The highest BCUT2D eigenvalue weighted by Crippen LogP contribution is 2.35. The van der Waals surface area contributed by atoms with Gasteiger partial charge in [-0.05, 0) is 73.7 Å². The summed E-state index contributed by atoms with van der Waals surface area (Å²) in [7, 11) is 0. The molecule has 0 fully saturated rings. The SMILES string of the molecule is CCOc1cc(/C=C(\C#N)c2ccc3c(c2)OCO3)ccc1OCCCCCCO. The van der Waals surface area contributed by atoms with Crippen molar-refractivity contribution in [3.8, 4) is 29.1 Å². The second kappa shape index (κ2) is 11.1. The summed E-state index contributed by atoms with van der Waals surface area (Å²) in [6, 6.07) is 13.4. The van der Waals surface area contributed by atoms with Gasteiger partial charge in [-0.25, -0.2) is 0 Å². The first-order valence-corrected chi connectivity index (χ1v) is 10.3. The van der Waals surface area contributed by atoms with Gasteiger partial charge in [0.15, 0.2) is 23.0 Å². The monoisotopic (exact) mass is 409 g/mol. The van der Waals surface area contributed by atoms with Crippen molar-refractivity contribution in [3.63, 3.8) is 0 Å². The van der Waals surface area contributed by atoms with E-state index in [4.69, 9.17) is 24.1 Å². The third-order valence-electron chi connectivity index (χ3n) is 4.69. The highest BCUT2D eigenvalue weighted by Gasteiger charge is 2.15. The standard InChI is InChI=1S/C24H27NO5/c1-2-27-23-14-18(7-9-21(23)28-12-6-4-3-5-11-26)13-20(16-25)19-8-10-22-24(15-19)30-17-29-22/h7-10,13-15,26H,2-6,11-12,17H2,1H3/b20-13+. The summed E-state index contributed by atoms with van der Waals surface area (Å²) in [6.45, 7) is 3.48. The van der Waals surface area contributed by atoms with Gasteiger partial charge in [0, 0.05) is 6.61 Å². The van der Waals surface area contributed by atoms with Crippen LogP contribution >= 0.6 is 0 Å². The topological polar surface area (TPSA) is 80.9 Å². The normalized spacial score (nSPS) is 12.5. The Balaban J connectivity index is 1.73. The summed E-state index contributed by atoms with van der Waals surface area (Å²) >= 11 is 0. The highest BCUT2D eigenvalue weighted by atomic mass is 16.7. The van der Waals surface area contributed by atoms with Gasteiger partial charge >= 0.3 is 0 Å². The largest absolute Gasteiger partial charge is 0.490 e. The maximum Gasteiger partial charge on any atom is 0.231 e. The molecule has 0 amide bonds. The van der Waals surface area contributed by atoms with Gasteiger partial charge in [0.2, 0.25) is 6.79 Å². The molecule has 0 saturated heterocycles. The lowest BCUT2D eigenvalue weighted by molar-refractivity contribution is 0.174. The lowest BCUT2D eigenvalue weighted by atomic mass is 10.0. The van der Waals surface area contributed by atoms with Crippen LogP contribution in [0.15, 0.2) is 36.4 Å². The predicted octanol–water partition coefficient (Wildman–Crippen LogP) is 4.81. The van der Waals surface area contributed by atoms with Crippen molar-refractivity contribution in [2.75, 3.05) is 26.6 Å². The van der Waals surface area contributed by atoms with Crippen molar-refractivity contribution in [1.82, 2.24) is 0 Å². The minimum atomic E-state index is 0.199. The fraction of sp³-hybridized carbons (Fsp3) is 0.375. The number of nitrogens with zero attached hydrogens (tertiary/aromatic N) is 1. The zero-order valence-corrected chi connectivity index (χ0v) is 17.2. The minimum absolute atomic E-state index is 0.199. The number of unbranched alkanes of at least 4 members (excludes halogenated alkanes) is 3. The molecule has 0 atom stereocenters. The van der Waals surface area contributed by atoms with E-state index < -0.39 is 0 Å². The average molecular weight is 409 g/mol. The van der Waals surface area contributed by atoms with Crippen molar-refractivity contribution >= 4 is 11.6 Å². The number of hydrogen-bond acceptors (Lipinski definition) is 6. The molecule has 2 aromatic rings. The molecular weight excluding hydrogens is 382 g/mol. The molecule has 0 radical (unpaired) electrons. The molecule has 0 spiro atoms. The number of hydrogen-bond donors (Lipinski definition) is 1. The predicted molar refractivity (Wildman–Crippen MR) is 115 cm³/mol. The first-order chi connectivity index (χ1) is 14.7. The van der Waals surface area contributed by atoms with E-state index in [9.17, 15) is 5.26 Å². The van der Waals surface area contributed by atoms with Gasteiger partial charge in [0.05, 0.1) is 24.9 Å². The van der Waals surface area contributed by atoms with Crippen LogP contribution in [0, 0.1) is 11.3 Å². The molecule has 0 aromatic heterocycles. The number of fused-ring (bicyclic) bond motifs is 1. The van der Waals surface area contributed by atoms with E-state index >= 15 is 0 Å². The number of benzene rings is 2. The van der Waals surface area contributed by atoms with E-state index in [0.29, 0.717) is 41.8 Å². The fourth-order valence-electron chi connectivity index (χ4n) is 3.16. The third-order valence-corrected chi connectivity index (χ3v) is 4.69. The van der Waals surface area contributed by atoms with Crippen LogP contribution in [0.3, 0.4) is 0 Å². The Hall–Kier alpha value is -3.17. The first kappa shape index (κ1) is 21.5.